The number of ether oxygens (including phenoxy) is 4. The predicted octanol–water partition coefficient (Wildman–Crippen LogP) is 5.16. The summed E-state index contributed by atoms with van der Waals surface area (Å²) in [5.74, 6) is 0.0215. The smallest absolute Gasteiger partial charge is 0.484 e. The first-order valence-corrected chi connectivity index (χ1v) is 21.9. The van der Waals surface area contributed by atoms with Crippen molar-refractivity contribution >= 4 is 57.2 Å². The van der Waals surface area contributed by atoms with E-state index in [-0.39, 0.29) is 42.8 Å². The summed E-state index contributed by atoms with van der Waals surface area (Å²) in [4.78, 5) is 58.3. The highest BCUT2D eigenvalue weighted by molar-refractivity contribution is 5.95. The number of carbonyl (C=O) groups excluding carboxylic acids is 2. The molecule has 25 heteroatoms. The lowest BCUT2D eigenvalue weighted by Crippen LogP contribution is -2.47. The molecule has 6 aromatic rings. The van der Waals surface area contributed by atoms with Gasteiger partial charge in [-0.15, -0.1) is 26.3 Å². The number of anilines is 4. The van der Waals surface area contributed by atoms with Crippen LogP contribution in [-0.2, 0) is 9.59 Å². The maximum Gasteiger partial charge on any atom is 0.573 e. The van der Waals surface area contributed by atoms with Gasteiger partial charge in [-0.25, -0.2) is 19.9 Å². The summed E-state index contributed by atoms with van der Waals surface area (Å²) in [5.41, 5.74) is 3.42. The molecule has 2 unspecified atom stereocenters. The first-order valence-electron chi connectivity index (χ1n) is 21.9. The molecule has 3 saturated heterocycles. The van der Waals surface area contributed by atoms with E-state index in [1.807, 2.05) is 13.8 Å². The standard InChI is InChI=1S/C23H25F3N6O4.C22H21F3N6O3/c1-15-19-12-16(29-20(34)14-35-17-2-4-18(5-3-17)36-23(24,25)26)13-27-21(19)30-22(28-15)32-8-6-31(7-9-32)10-11-33;1-12-18-7-13(8-27-20(18)30-21(28-12)31-10-14-6-15(31)9-26-14)29-19(32)11-33-16-2-4-17(5-3-16)34-22(23,24)25/h2-5,12-13,33H,6-11,14H2,1H3,(H,29,34);2-5,7-8,14-15,26H,6,9-11H2,1H3,(H,29,32). The highest BCUT2D eigenvalue weighted by atomic mass is 19.4. The molecule has 0 saturated carbocycles. The molecule has 0 spiro atoms. The lowest BCUT2D eigenvalue weighted by molar-refractivity contribution is -0.275. The molecule has 2 aromatic carbocycles. The lowest BCUT2D eigenvalue weighted by Gasteiger charge is -2.34. The molecular weight excluding hydrogens is 935 g/mol. The van der Waals surface area contributed by atoms with Gasteiger partial charge in [-0.2, -0.15) is 9.97 Å². The zero-order chi connectivity index (χ0) is 49.6. The van der Waals surface area contributed by atoms with Gasteiger partial charge in [-0.05, 0) is 80.9 Å². The second-order valence-corrected chi connectivity index (χ2v) is 16.3. The van der Waals surface area contributed by atoms with Gasteiger partial charge in [-0.1, -0.05) is 0 Å². The molecule has 0 aliphatic carbocycles. The van der Waals surface area contributed by atoms with E-state index in [0.29, 0.717) is 64.3 Å². The summed E-state index contributed by atoms with van der Waals surface area (Å²) in [6, 6.07) is 13.9. The number of hydrogen-bond donors (Lipinski definition) is 4. The molecule has 4 N–H and O–H groups in total. The monoisotopic (exact) mass is 980 g/mol. The number of fused-ring (bicyclic) bond motifs is 4. The summed E-state index contributed by atoms with van der Waals surface area (Å²) in [5, 5.41) is 19.3. The van der Waals surface area contributed by atoms with Gasteiger partial charge in [0.05, 0.1) is 41.8 Å². The van der Waals surface area contributed by atoms with Crippen LogP contribution in [0.2, 0.25) is 0 Å². The number of rotatable bonds is 14. The predicted molar refractivity (Wildman–Crippen MR) is 242 cm³/mol. The molecule has 3 aliphatic rings. The number of halogens is 6. The molecule has 70 heavy (non-hydrogen) atoms. The van der Waals surface area contributed by atoms with Crippen molar-refractivity contribution in [3.8, 4) is 23.0 Å². The van der Waals surface area contributed by atoms with Crippen LogP contribution in [0.15, 0.2) is 73.1 Å². The van der Waals surface area contributed by atoms with E-state index >= 15 is 0 Å². The first-order chi connectivity index (χ1) is 33.4. The maximum atomic E-state index is 12.3. The number of benzene rings is 2. The number of hydrogen-bond acceptors (Lipinski definition) is 17. The topological polar surface area (TPSA) is 214 Å². The SMILES string of the molecule is Cc1nc(N2CC3CC2CN3)nc2ncc(NC(=O)COc3ccc(OC(F)(F)F)cc3)cc12.Cc1nc(N2CCN(CCO)CC2)nc2ncc(NC(=O)COc3ccc(OC(F)(F)F)cc3)cc12. The fraction of sp³-hybridized carbons (Fsp3) is 0.378. The highest BCUT2D eigenvalue weighted by Crippen LogP contribution is 2.30. The number of aliphatic hydroxyl groups is 1. The van der Waals surface area contributed by atoms with Crippen molar-refractivity contribution < 1.29 is 60.0 Å². The lowest BCUT2D eigenvalue weighted by atomic mass is 10.2. The number of nitrogens with one attached hydrogen (secondary N) is 3. The minimum absolute atomic E-state index is 0.133. The molecular formula is C45H46F6N12O7. The molecule has 9 rings (SSSR count). The van der Waals surface area contributed by atoms with Crippen LogP contribution in [0.3, 0.4) is 0 Å². The van der Waals surface area contributed by atoms with Crippen molar-refractivity contribution in [2.24, 2.45) is 0 Å². The fourth-order valence-corrected chi connectivity index (χ4v) is 7.98. The maximum absolute atomic E-state index is 12.3. The van der Waals surface area contributed by atoms with E-state index in [1.165, 1.54) is 36.7 Å². The number of β-amino-alcohol motifs (C(OH)–C–C–N with tert-alkyl or cyclic N) is 1. The Morgan fingerprint density at radius 3 is 1.61 bits per heavy atom. The average Bonchev–Trinajstić information content (AvgIpc) is 3.96. The van der Waals surface area contributed by atoms with Gasteiger partial charge < -0.3 is 49.8 Å². The Labute approximate surface area is 395 Å². The van der Waals surface area contributed by atoms with Gasteiger partial charge in [0.2, 0.25) is 11.9 Å². The van der Waals surface area contributed by atoms with Gasteiger partial charge in [0.1, 0.15) is 23.0 Å². The van der Waals surface area contributed by atoms with E-state index < -0.39 is 24.5 Å². The van der Waals surface area contributed by atoms with Crippen molar-refractivity contribution in [1.82, 2.24) is 40.1 Å². The average molecular weight is 981 g/mol. The number of piperazine rings is 2. The van der Waals surface area contributed by atoms with E-state index in [4.69, 9.17) is 14.6 Å². The van der Waals surface area contributed by atoms with Crippen molar-refractivity contribution in [2.45, 2.75) is 45.1 Å². The summed E-state index contributed by atoms with van der Waals surface area (Å²) in [6.45, 7) is 8.74. The van der Waals surface area contributed by atoms with Crippen LogP contribution < -0.4 is 44.7 Å². The molecule has 2 amide bonds. The third-order valence-corrected chi connectivity index (χ3v) is 11.3. The van der Waals surface area contributed by atoms with Crippen LogP contribution in [-0.4, -0.2) is 142 Å². The van der Waals surface area contributed by atoms with Gasteiger partial charge >= 0.3 is 12.7 Å². The zero-order valence-corrected chi connectivity index (χ0v) is 37.6. The third kappa shape index (κ3) is 13.0. The van der Waals surface area contributed by atoms with Crippen LogP contribution >= 0.6 is 0 Å². The summed E-state index contributed by atoms with van der Waals surface area (Å²) >= 11 is 0. The Morgan fingerprint density at radius 2 is 1.17 bits per heavy atom. The minimum atomic E-state index is -4.78. The summed E-state index contributed by atoms with van der Waals surface area (Å²) in [6.07, 6.45) is -5.47. The van der Waals surface area contributed by atoms with Crippen molar-refractivity contribution in [3.63, 3.8) is 0 Å². The molecule has 3 fully saturated rings. The number of alkyl halides is 6. The van der Waals surface area contributed by atoms with Crippen molar-refractivity contribution in [3.05, 3.63) is 84.4 Å². The van der Waals surface area contributed by atoms with E-state index in [2.05, 4.69) is 70.0 Å². The molecule has 0 radical (unpaired) electrons. The van der Waals surface area contributed by atoms with Gasteiger partial charge in [-0.3, -0.25) is 14.5 Å². The van der Waals surface area contributed by atoms with Gasteiger partial charge in [0, 0.05) is 68.7 Å². The Kier molecular flexibility index (Phi) is 14.8. The Bertz CT molecular complexity index is 2800. The van der Waals surface area contributed by atoms with Crippen LogP contribution in [0.1, 0.15) is 17.8 Å². The second-order valence-electron chi connectivity index (χ2n) is 16.3. The largest absolute Gasteiger partial charge is 0.573 e. The number of aliphatic hydroxyl groups excluding tert-OH is 1. The van der Waals surface area contributed by atoms with E-state index in [1.54, 1.807) is 12.1 Å². The quantitative estimate of drug-likeness (QED) is 0.104. The van der Waals surface area contributed by atoms with E-state index in [0.717, 1.165) is 81.0 Å². The van der Waals surface area contributed by atoms with Gasteiger partial charge in [0.15, 0.2) is 24.5 Å². The molecule has 370 valence electrons. The van der Waals surface area contributed by atoms with Crippen LogP contribution in [0, 0.1) is 13.8 Å². The Hall–Kier alpha value is -7.38. The summed E-state index contributed by atoms with van der Waals surface area (Å²) < 4.78 is 91.6. The van der Waals surface area contributed by atoms with Crippen LogP contribution in [0.4, 0.5) is 49.6 Å². The highest BCUT2D eigenvalue weighted by Gasteiger charge is 2.39. The molecule has 3 aliphatic heterocycles. The molecule has 2 bridgehead atoms. The molecule has 19 nitrogen and oxygen atoms in total. The normalized spacial score (nSPS) is 17.0. The number of pyridine rings is 2. The van der Waals surface area contributed by atoms with Crippen molar-refractivity contribution in [2.75, 3.05) is 86.1 Å². The minimum Gasteiger partial charge on any atom is -0.484 e. The fourth-order valence-electron chi connectivity index (χ4n) is 7.98. The van der Waals surface area contributed by atoms with Crippen LogP contribution in [0.25, 0.3) is 22.1 Å². The molecule has 7 heterocycles. The Balaban J connectivity index is 0.000000188. The summed E-state index contributed by atoms with van der Waals surface area (Å²) in [7, 11) is 0. The number of carbonyl (C=O) groups is 2. The molecule has 2 atom stereocenters. The van der Waals surface area contributed by atoms with Gasteiger partial charge in [0.25, 0.3) is 11.8 Å². The number of aromatic nitrogens is 6. The third-order valence-electron chi connectivity index (χ3n) is 11.3. The number of nitrogens with zero attached hydrogens (tertiary/aromatic N) is 9. The number of aryl methyl sites for hydroxylation is 2. The van der Waals surface area contributed by atoms with Crippen LogP contribution in [0.5, 0.6) is 23.0 Å². The second kappa shape index (κ2) is 21.1. The van der Waals surface area contributed by atoms with Crippen molar-refractivity contribution in [1.29, 1.82) is 0 Å². The van der Waals surface area contributed by atoms with E-state index in [9.17, 15) is 35.9 Å². The first kappa shape index (κ1) is 49.1. The zero-order valence-electron chi connectivity index (χ0n) is 37.6. The number of amides is 2. The molecule has 4 aromatic heterocycles. The Morgan fingerprint density at radius 1 is 0.700 bits per heavy atom.